The van der Waals surface area contributed by atoms with Crippen molar-refractivity contribution >= 4 is 16.9 Å². The zero-order chi connectivity index (χ0) is 21.3. The van der Waals surface area contributed by atoms with E-state index in [1.165, 1.54) is 6.20 Å². The lowest BCUT2D eigenvalue weighted by Crippen LogP contribution is -2.33. The number of halogens is 2. The first-order valence-electron chi connectivity index (χ1n) is 9.49. The van der Waals surface area contributed by atoms with Gasteiger partial charge in [0.1, 0.15) is 12.2 Å². The second-order valence-electron chi connectivity index (χ2n) is 6.86. The van der Waals surface area contributed by atoms with Gasteiger partial charge >= 0.3 is 5.97 Å². The van der Waals surface area contributed by atoms with Gasteiger partial charge in [0, 0.05) is 12.3 Å². The van der Waals surface area contributed by atoms with E-state index in [1.807, 2.05) is 6.07 Å². The smallest absolute Gasteiger partial charge is 0.343 e. The number of rotatable bonds is 6. The molecule has 4 rings (SSSR count). The van der Waals surface area contributed by atoms with E-state index in [0.29, 0.717) is 18.8 Å². The van der Waals surface area contributed by atoms with E-state index in [-0.39, 0.29) is 35.7 Å². The topological polar surface area (TPSA) is 66.8 Å². The van der Waals surface area contributed by atoms with Crippen LogP contribution in [0.3, 0.4) is 0 Å². The molecule has 0 bridgehead atoms. The number of esters is 1. The molecule has 2 aromatic carbocycles. The maximum Gasteiger partial charge on any atom is 0.343 e. The van der Waals surface area contributed by atoms with Gasteiger partial charge in [-0.05, 0) is 12.5 Å². The first kappa shape index (κ1) is 20.0. The fourth-order valence-corrected chi connectivity index (χ4v) is 3.32. The Hall–Kier alpha value is -3.26. The lowest BCUT2D eigenvalue weighted by atomic mass is 10.1. The van der Waals surface area contributed by atoms with E-state index < -0.39 is 28.8 Å². The van der Waals surface area contributed by atoms with Crippen LogP contribution in [0.2, 0.25) is 0 Å². The van der Waals surface area contributed by atoms with Crippen LogP contribution >= 0.6 is 0 Å². The third kappa shape index (κ3) is 3.54. The van der Waals surface area contributed by atoms with Gasteiger partial charge in [0.15, 0.2) is 11.6 Å². The Balaban J connectivity index is 1.92. The number of benzene rings is 2. The fourth-order valence-electron chi connectivity index (χ4n) is 3.32. The summed E-state index contributed by atoms with van der Waals surface area (Å²) >= 11 is 0. The van der Waals surface area contributed by atoms with Gasteiger partial charge in [-0.2, -0.15) is 4.39 Å². The summed E-state index contributed by atoms with van der Waals surface area (Å²) in [6, 6.07) is 9.60. The molecular formula is C22H19F2NO5. The molecule has 0 saturated carbocycles. The van der Waals surface area contributed by atoms with Crippen molar-refractivity contribution in [2.24, 2.45) is 0 Å². The molecule has 0 radical (unpaired) electrons. The van der Waals surface area contributed by atoms with Crippen molar-refractivity contribution in [2.45, 2.75) is 19.6 Å². The number of nitrogens with zero attached hydrogens (tertiary/aromatic N) is 1. The predicted molar refractivity (Wildman–Crippen MR) is 105 cm³/mol. The van der Waals surface area contributed by atoms with Gasteiger partial charge in [-0.1, -0.05) is 30.3 Å². The minimum absolute atomic E-state index is 0.0675. The van der Waals surface area contributed by atoms with Crippen molar-refractivity contribution in [3.63, 3.8) is 0 Å². The van der Waals surface area contributed by atoms with Crippen molar-refractivity contribution in [3.8, 4) is 5.75 Å². The van der Waals surface area contributed by atoms with Gasteiger partial charge in [-0.15, -0.1) is 0 Å². The second-order valence-corrected chi connectivity index (χ2v) is 6.86. The molecule has 1 aliphatic heterocycles. The van der Waals surface area contributed by atoms with Gasteiger partial charge in [-0.3, -0.25) is 4.79 Å². The Morgan fingerprint density at radius 2 is 1.97 bits per heavy atom. The van der Waals surface area contributed by atoms with E-state index in [1.54, 1.807) is 35.8 Å². The summed E-state index contributed by atoms with van der Waals surface area (Å²) in [7, 11) is 0. The lowest BCUT2D eigenvalue weighted by molar-refractivity contribution is -0.0218. The molecule has 0 N–H and O–H groups in total. The summed E-state index contributed by atoms with van der Waals surface area (Å²) in [5, 5.41) is -0.206. The summed E-state index contributed by atoms with van der Waals surface area (Å²) in [6.45, 7) is 2.24. The molecule has 2 heterocycles. The molecule has 0 spiro atoms. The molecule has 0 aliphatic carbocycles. The average molecular weight is 415 g/mol. The number of fused-ring (bicyclic) bond motifs is 1. The van der Waals surface area contributed by atoms with E-state index >= 15 is 0 Å². The van der Waals surface area contributed by atoms with E-state index in [9.17, 15) is 18.4 Å². The summed E-state index contributed by atoms with van der Waals surface area (Å²) in [5.74, 6) is -3.80. The van der Waals surface area contributed by atoms with E-state index in [0.717, 1.165) is 6.07 Å². The van der Waals surface area contributed by atoms with Gasteiger partial charge in [-0.25, -0.2) is 9.18 Å². The van der Waals surface area contributed by atoms with Crippen molar-refractivity contribution in [1.29, 1.82) is 0 Å². The summed E-state index contributed by atoms with van der Waals surface area (Å²) in [6.07, 6.45) is 1.31. The maximum atomic E-state index is 14.7. The SMILES string of the molecule is CCOC(=O)c1cn(C2COC2)c2cc(F)c(F)c(OCc3ccccc3)c2c1=O. The number of aromatic nitrogens is 1. The monoisotopic (exact) mass is 415 g/mol. The van der Waals surface area contributed by atoms with Crippen molar-refractivity contribution in [1.82, 2.24) is 4.57 Å². The Morgan fingerprint density at radius 3 is 2.60 bits per heavy atom. The maximum absolute atomic E-state index is 14.7. The van der Waals surface area contributed by atoms with Gasteiger partial charge in [0.05, 0.1) is 36.8 Å². The van der Waals surface area contributed by atoms with Gasteiger partial charge < -0.3 is 18.8 Å². The molecule has 1 aromatic heterocycles. The normalized spacial score (nSPS) is 13.8. The number of hydrogen-bond acceptors (Lipinski definition) is 5. The molecule has 1 saturated heterocycles. The van der Waals surface area contributed by atoms with Crippen molar-refractivity contribution < 1.29 is 27.8 Å². The second kappa shape index (κ2) is 8.23. The molecule has 1 fully saturated rings. The van der Waals surface area contributed by atoms with Crippen molar-refractivity contribution in [2.75, 3.05) is 19.8 Å². The van der Waals surface area contributed by atoms with Crippen LogP contribution in [0.5, 0.6) is 5.75 Å². The van der Waals surface area contributed by atoms with Crippen LogP contribution in [0, 0.1) is 11.6 Å². The first-order chi connectivity index (χ1) is 14.5. The van der Waals surface area contributed by atoms with Crippen LogP contribution in [0.25, 0.3) is 10.9 Å². The third-order valence-corrected chi connectivity index (χ3v) is 4.91. The molecule has 6 nitrogen and oxygen atoms in total. The van der Waals surface area contributed by atoms with E-state index in [4.69, 9.17) is 14.2 Å². The zero-order valence-electron chi connectivity index (χ0n) is 16.2. The molecule has 0 amide bonds. The zero-order valence-corrected chi connectivity index (χ0v) is 16.2. The quantitative estimate of drug-likeness (QED) is 0.576. The molecule has 30 heavy (non-hydrogen) atoms. The predicted octanol–water partition coefficient (Wildman–Crippen LogP) is 3.61. The summed E-state index contributed by atoms with van der Waals surface area (Å²) in [5.41, 5.74) is -0.208. The number of ether oxygens (including phenoxy) is 3. The summed E-state index contributed by atoms with van der Waals surface area (Å²) < 4.78 is 46.4. The third-order valence-electron chi connectivity index (χ3n) is 4.91. The fraction of sp³-hybridized carbons (Fsp3) is 0.273. The van der Waals surface area contributed by atoms with Crippen LogP contribution in [0.15, 0.2) is 47.4 Å². The van der Waals surface area contributed by atoms with Gasteiger partial charge in [0.25, 0.3) is 0 Å². The van der Waals surface area contributed by atoms with E-state index in [2.05, 4.69) is 0 Å². The largest absolute Gasteiger partial charge is 0.485 e. The first-order valence-corrected chi connectivity index (χ1v) is 9.49. The number of hydrogen-bond donors (Lipinski definition) is 0. The molecule has 1 aliphatic rings. The molecule has 156 valence electrons. The highest BCUT2D eigenvalue weighted by Crippen LogP contribution is 2.32. The van der Waals surface area contributed by atoms with Gasteiger partial charge in [0.2, 0.25) is 11.2 Å². The Bertz CT molecular complexity index is 1160. The Kier molecular flexibility index (Phi) is 5.50. The van der Waals surface area contributed by atoms with Crippen LogP contribution < -0.4 is 10.2 Å². The van der Waals surface area contributed by atoms with Crippen LogP contribution in [0.4, 0.5) is 8.78 Å². The van der Waals surface area contributed by atoms with Crippen LogP contribution in [-0.4, -0.2) is 30.4 Å². The molecule has 0 unspecified atom stereocenters. The number of carbonyl (C=O) groups is 1. The lowest BCUT2D eigenvalue weighted by Gasteiger charge is -2.30. The minimum atomic E-state index is -1.28. The minimum Gasteiger partial charge on any atom is -0.485 e. The highest BCUT2D eigenvalue weighted by molar-refractivity contribution is 5.96. The van der Waals surface area contributed by atoms with Crippen molar-refractivity contribution in [3.05, 3.63) is 75.6 Å². The molecule has 8 heteroatoms. The van der Waals surface area contributed by atoms with Crippen LogP contribution in [-0.2, 0) is 16.1 Å². The highest BCUT2D eigenvalue weighted by atomic mass is 19.2. The van der Waals surface area contributed by atoms with Crippen LogP contribution in [0.1, 0.15) is 28.9 Å². The number of carbonyl (C=O) groups excluding carboxylic acids is 1. The highest BCUT2D eigenvalue weighted by Gasteiger charge is 2.29. The molecule has 0 atom stereocenters. The molecule has 3 aromatic rings. The summed E-state index contributed by atoms with van der Waals surface area (Å²) in [4.78, 5) is 25.5. The Labute approximate surface area is 170 Å². The average Bonchev–Trinajstić information content (AvgIpc) is 2.70. The Morgan fingerprint density at radius 1 is 1.23 bits per heavy atom. The number of pyridine rings is 1. The standard InChI is InChI=1S/C22H19F2NO5/c1-2-29-22(27)15-9-25(14-11-28-12-14)17-8-16(23)19(24)21(18(17)20(15)26)30-10-13-6-4-3-5-7-13/h3-9,14H,2,10-12H2,1H3. The molecular weight excluding hydrogens is 396 g/mol.